The van der Waals surface area contributed by atoms with Crippen molar-refractivity contribution in [2.45, 2.75) is 96.2 Å². The number of pyridine rings is 1. The third-order valence-corrected chi connectivity index (χ3v) is 12.9. The lowest BCUT2D eigenvalue weighted by Crippen LogP contribution is -2.64. The second-order valence-corrected chi connectivity index (χ2v) is 18.4. The number of nitrogens with zero attached hydrogens (tertiary/aromatic N) is 5. The first-order valence-corrected chi connectivity index (χ1v) is 16.7. The van der Waals surface area contributed by atoms with Crippen LogP contribution < -0.4 is 4.90 Å². The largest absolute Gasteiger partial charge is 0.444 e. The van der Waals surface area contributed by atoms with E-state index in [2.05, 4.69) is 48.8 Å². The molecule has 0 spiro atoms. The number of fused-ring (bicyclic) bond motifs is 3. The van der Waals surface area contributed by atoms with Gasteiger partial charge in [0.2, 0.25) is 5.28 Å². The molecule has 2 aliphatic rings. The van der Waals surface area contributed by atoms with Gasteiger partial charge in [0.25, 0.3) is 0 Å². The van der Waals surface area contributed by atoms with Gasteiger partial charge in [-0.3, -0.25) is 4.90 Å². The number of hydrogen-bond donors (Lipinski definition) is 0. The predicted octanol–water partition coefficient (Wildman–Crippen LogP) is 7.10. The Kier molecular flexibility index (Phi) is 7.91. The summed E-state index contributed by atoms with van der Waals surface area (Å²) < 4.78 is 27.5. The fourth-order valence-electron chi connectivity index (χ4n) is 4.86. The van der Waals surface area contributed by atoms with Crippen LogP contribution in [0, 0.1) is 5.82 Å². The molecule has 2 aromatic heterocycles. The van der Waals surface area contributed by atoms with Gasteiger partial charge in [0.15, 0.2) is 19.3 Å². The molecule has 4 heterocycles. The molecular weight excluding hydrogens is 572 g/mol. The number of ether oxygens (including phenoxy) is 1. The van der Waals surface area contributed by atoms with Crippen LogP contribution in [0.4, 0.5) is 15.0 Å². The van der Waals surface area contributed by atoms with E-state index >= 15 is 4.39 Å². The molecule has 2 saturated heterocycles. The van der Waals surface area contributed by atoms with Crippen molar-refractivity contribution in [3.05, 3.63) is 21.4 Å². The molecule has 2 bridgehead atoms. The Balaban J connectivity index is 1.82. The Labute approximate surface area is 239 Å². The van der Waals surface area contributed by atoms with Crippen molar-refractivity contribution in [3.8, 4) is 0 Å². The minimum atomic E-state index is -2.16. The summed E-state index contributed by atoms with van der Waals surface area (Å²) >= 11 is 18.7. The van der Waals surface area contributed by atoms with Gasteiger partial charge in [-0.05, 0) is 63.3 Å². The van der Waals surface area contributed by atoms with E-state index in [1.54, 1.807) is 0 Å². The van der Waals surface area contributed by atoms with Gasteiger partial charge in [-0.15, -0.1) is 0 Å². The van der Waals surface area contributed by atoms with Crippen molar-refractivity contribution in [1.82, 2.24) is 19.9 Å². The molecule has 0 aliphatic carbocycles. The Morgan fingerprint density at radius 3 is 2.32 bits per heavy atom. The van der Waals surface area contributed by atoms with Crippen LogP contribution in [0.25, 0.3) is 10.9 Å². The van der Waals surface area contributed by atoms with Crippen molar-refractivity contribution < 1.29 is 18.3 Å². The Bertz CT molecular complexity index is 1250. The number of carbonyl (C=O) groups is 1. The highest BCUT2D eigenvalue weighted by Crippen LogP contribution is 2.43. The zero-order chi connectivity index (χ0) is 28.4. The molecule has 210 valence electrons. The second kappa shape index (κ2) is 10.2. The summed E-state index contributed by atoms with van der Waals surface area (Å²) in [4.78, 5) is 29.7. The van der Waals surface area contributed by atoms with Gasteiger partial charge in [0, 0.05) is 6.54 Å². The van der Waals surface area contributed by atoms with E-state index in [1.807, 2.05) is 30.6 Å². The number of aromatic nitrogens is 3. The van der Waals surface area contributed by atoms with Crippen LogP contribution in [0.3, 0.4) is 0 Å². The maximum Gasteiger partial charge on any atom is 0.410 e. The quantitative estimate of drug-likeness (QED) is 0.209. The first-order chi connectivity index (χ1) is 17.4. The number of amides is 1. The van der Waals surface area contributed by atoms with E-state index in [-0.39, 0.29) is 50.6 Å². The molecule has 0 unspecified atom stereocenters. The summed E-state index contributed by atoms with van der Waals surface area (Å²) in [6.45, 7) is 17.2. The van der Waals surface area contributed by atoms with Crippen LogP contribution in [0.1, 0.15) is 54.4 Å². The van der Waals surface area contributed by atoms with Gasteiger partial charge >= 0.3 is 6.09 Å². The van der Waals surface area contributed by atoms with Gasteiger partial charge in [0.05, 0.1) is 30.1 Å². The predicted molar refractivity (Wildman–Crippen MR) is 151 cm³/mol. The van der Waals surface area contributed by atoms with Crippen LogP contribution in [0.15, 0.2) is 0 Å². The smallest absolute Gasteiger partial charge is 0.410 e. The molecule has 13 heteroatoms. The van der Waals surface area contributed by atoms with Crippen molar-refractivity contribution in [3.63, 3.8) is 0 Å². The lowest BCUT2D eigenvalue weighted by Gasteiger charge is -2.48. The molecule has 0 aromatic carbocycles. The van der Waals surface area contributed by atoms with Crippen molar-refractivity contribution >= 4 is 65.9 Å². The summed E-state index contributed by atoms with van der Waals surface area (Å²) in [6, 6.07) is -0.688. The van der Waals surface area contributed by atoms with Gasteiger partial charge in [0.1, 0.15) is 22.1 Å². The highest BCUT2D eigenvalue weighted by Gasteiger charge is 2.51. The van der Waals surface area contributed by atoms with E-state index in [1.165, 1.54) is 0 Å². The van der Waals surface area contributed by atoms with Gasteiger partial charge in [-0.1, -0.05) is 44.0 Å². The normalized spacial score (nSPS) is 22.4. The number of carbonyl (C=O) groups excluding carboxylic acids is 1. The topological polar surface area (TPSA) is 80.7 Å². The highest BCUT2D eigenvalue weighted by molar-refractivity contribution is 6.74. The number of halogens is 4. The maximum absolute atomic E-state index is 15.0. The standard InChI is InChI=1S/C25H35Cl3FN5O3Si/c1-24(2,3)37-23(35)34-13-9-10-14(34)15(12-36-38(7,8)25(4,5)6)33(11-13)21-16-18(30-22(28)32-21)17(29)20(27)31-19(16)26/h13-15H,9-12H2,1-8H3/t13-,14+,15-/m1/s1. The summed E-state index contributed by atoms with van der Waals surface area (Å²) in [5, 5.41) is -0.357. The van der Waals surface area contributed by atoms with E-state index < -0.39 is 24.9 Å². The van der Waals surface area contributed by atoms with Crippen molar-refractivity contribution in [1.29, 1.82) is 0 Å². The molecular formula is C25H35Cl3FN5O3Si. The molecule has 2 fully saturated rings. The summed E-state index contributed by atoms with van der Waals surface area (Å²) in [5.74, 6) is -0.473. The van der Waals surface area contributed by atoms with Crippen LogP contribution in [-0.2, 0) is 9.16 Å². The third-order valence-electron chi connectivity index (χ3n) is 7.75. The summed E-state index contributed by atoms with van der Waals surface area (Å²) in [5.41, 5.74) is -0.733. The molecule has 0 radical (unpaired) electrons. The van der Waals surface area contributed by atoms with Crippen LogP contribution in [0.5, 0.6) is 0 Å². The number of rotatable bonds is 4. The maximum atomic E-state index is 15.0. The fourth-order valence-corrected chi connectivity index (χ4v) is 6.52. The SMILES string of the molecule is CC(C)(C)OC(=O)N1[C@@H]2CC[C@H]1[C@@H](CO[Si](C)(C)C(C)(C)C)N(c1nc(Cl)nc3c(F)c(Cl)nc(Cl)c13)C2. The molecule has 4 rings (SSSR count). The van der Waals surface area contributed by atoms with Crippen LogP contribution in [0.2, 0.25) is 33.7 Å². The lowest BCUT2D eigenvalue weighted by molar-refractivity contribution is 0.00492. The molecule has 0 saturated carbocycles. The van der Waals surface area contributed by atoms with Crippen LogP contribution in [-0.4, -0.2) is 71.1 Å². The first-order valence-electron chi connectivity index (χ1n) is 12.7. The van der Waals surface area contributed by atoms with Gasteiger partial charge in [-0.25, -0.2) is 19.2 Å². The van der Waals surface area contributed by atoms with E-state index in [0.29, 0.717) is 19.0 Å². The second-order valence-electron chi connectivity index (χ2n) is 12.5. The van der Waals surface area contributed by atoms with Gasteiger partial charge in [-0.2, -0.15) is 4.98 Å². The average molecular weight is 607 g/mol. The Hall–Kier alpha value is -1.46. The average Bonchev–Trinajstić information content (AvgIpc) is 3.09. The number of piperazine rings is 1. The molecule has 2 aromatic rings. The zero-order valence-electron chi connectivity index (χ0n) is 23.0. The Morgan fingerprint density at radius 2 is 1.71 bits per heavy atom. The summed E-state index contributed by atoms with van der Waals surface area (Å²) in [7, 11) is -2.16. The fraction of sp³-hybridized carbons (Fsp3) is 0.680. The molecule has 3 atom stereocenters. The van der Waals surface area contributed by atoms with Crippen LogP contribution >= 0.6 is 34.8 Å². The number of hydrogen-bond acceptors (Lipinski definition) is 7. The summed E-state index contributed by atoms with van der Waals surface area (Å²) in [6.07, 6.45) is 1.18. The third kappa shape index (κ3) is 5.57. The molecule has 8 nitrogen and oxygen atoms in total. The minimum absolute atomic E-state index is 0.0202. The molecule has 38 heavy (non-hydrogen) atoms. The molecule has 2 aliphatic heterocycles. The molecule has 0 N–H and O–H groups in total. The zero-order valence-corrected chi connectivity index (χ0v) is 26.3. The van der Waals surface area contributed by atoms with Crippen molar-refractivity contribution in [2.75, 3.05) is 18.1 Å². The Morgan fingerprint density at radius 1 is 1.05 bits per heavy atom. The lowest BCUT2D eigenvalue weighted by atomic mass is 10.0. The first kappa shape index (κ1) is 29.5. The monoisotopic (exact) mass is 605 g/mol. The van der Waals surface area contributed by atoms with E-state index in [0.717, 1.165) is 12.8 Å². The minimum Gasteiger partial charge on any atom is -0.444 e. The molecule has 1 amide bonds. The van der Waals surface area contributed by atoms with Crippen molar-refractivity contribution in [2.24, 2.45) is 0 Å². The van der Waals surface area contributed by atoms with E-state index in [9.17, 15) is 4.79 Å². The van der Waals surface area contributed by atoms with Gasteiger partial charge < -0.3 is 14.1 Å². The van der Waals surface area contributed by atoms with E-state index in [4.69, 9.17) is 44.0 Å². The highest BCUT2D eigenvalue weighted by atomic mass is 35.5. The number of anilines is 1.